The fourth-order valence-electron chi connectivity index (χ4n) is 1.99. The highest BCUT2D eigenvalue weighted by Crippen LogP contribution is 2.29. The molecular formula is C9H19NOS. The van der Waals surface area contributed by atoms with Crippen molar-refractivity contribution in [3.63, 3.8) is 0 Å². The summed E-state index contributed by atoms with van der Waals surface area (Å²) in [5, 5.41) is 0.181. The molecule has 1 atom stereocenters. The van der Waals surface area contributed by atoms with E-state index in [0.29, 0.717) is 0 Å². The molecule has 1 N–H and O–H groups in total. The van der Waals surface area contributed by atoms with Crippen molar-refractivity contribution in [2.75, 3.05) is 6.26 Å². The van der Waals surface area contributed by atoms with Crippen LogP contribution in [0.5, 0.6) is 0 Å². The van der Waals surface area contributed by atoms with Gasteiger partial charge in [0.25, 0.3) is 0 Å². The molecule has 1 unspecified atom stereocenters. The van der Waals surface area contributed by atoms with Gasteiger partial charge in [-0.3, -0.25) is 4.78 Å². The molecule has 72 valence electrons. The molecule has 3 heteroatoms. The van der Waals surface area contributed by atoms with Crippen molar-refractivity contribution >= 4 is 9.73 Å². The molecule has 1 fully saturated rings. The second-order valence-electron chi connectivity index (χ2n) is 3.95. The third kappa shape index (κ3) is 2.47. The Morgan fingerprint density at radius 2 is 1.83 bits per heavy atom. The topological polar surface area (TPSA) is 40.9 Å². The summed E-state index contributed by atoms with van der Waals surface area (Å²) in [6, 6.07) is 0. The van der Waals surface area contributed by atoms with E-state index in [1.165, 1.54) is 19.3 Å². The Balaban J connectivity index is 2.47. The zero-order valence-electron chi connectivity index (χ0n) is 8.01. The van der Waals surface area contributed by atoms with E-state index < -0.39 is 9.73 Å². The van der Waals surface area contributed by atoms with Gasteiger partial charge in [-0.05, 0) is 31.6 Å². The van der Waals surface area contributed by atoms with Crippen molar-refractivity contribution in [1.29, 1.82) is 4.78 Å². The lowest BCUT2D eigenvalue weighted by Crippen LogP contribution is -2.25. The summed E-state index contributed by atoms with van der Waals surface area (Å²) in [5.41, 5.74) is 0. The first-order chi connectivity index (χ1) is 5.54. The quantitative estimate of drug-likeness (QED) is 0.712. The van der Waals surface area contributed by atoms with Gasteiger partial charge in [0, 0.05) is 21.2 Å². The van der Waals surface area contributed by atoms with E-state index >= 15 is 0 Å². The summed E-state index contributed by atoms with van der Waals surface area (Å²) in [6.07, 6.45) is 7.23. The second kappa shape index (κ2) is 3.77. The summed E-state index contributed by atoms with van der Waals surface area (Å²) in [6.45, 7) is 2.22. The normalized spacial score (nSPS) is 35.8. The van der Waals surface area contributed by atoms with Crippen LogP contribution in [0.25, 0.3) is 0 Å². The van der Waals surface area contributed by atoms with Crippen molar-refractivity contribution in [2.24, 2.45) is 5.92 Å². The van der Waals surface area contributed by atoms with E-state index in [9.17, 15) is 4.21 Å². The molecule has 12 heavy (non-hydrogen) atoms. The van der Waals surface area contributed by atoms with E-state index in [0.717, 1.165) is 18.8 Å². The van der Waals surface area contributed by atoms with Gasteiger partial charge in [0.05, 0.1) is 0 Å². The van der Waals surface area contributed by atoms with Gasteiger partial charge in [0.15, 0.2) is 0 Å². The first-order valence-corrected chi connectivity index (χ1v) is 6.79. The zero-order valence-corrected chi connectivity index (χ0v) is 8.82. The van der Waals surface area contributed by atoms with Crippen molar-refractivity contribution in [3.05, 3.63) is 0 Å². The molecule has 1 aliphatic rings. The molecule has 2 nitrogen and oxygen atoms in total. The zero-order chi connectivity index (χ0) is 9.19. The largest absolute Gasteiger partial charge is 0.253 e. The van der Waals surface area contributed by atoms with Crippen molar-refractivity contribution in [3.8, 4) is 0 Å². The summed E-state index contributed by atoms with van der Waals surface area (Å²) < 4.78 is 18.9. The molecule has 0 aromatic heterocycles. The van der Waals surface area contributed by atoms with Gasteiger partial charge in [0.2, 0.25) is 0 Å². The first kappa shape index (κ1) is 10.0. The van der Waals surface area contributed by atoms with E-state index in [1.54, 1.807) is 6.26 Å². The Morgan fingerprint density at radius 1 is 1.33 bits per heavy atom. The third-order valence-electron chi connectivity index (χ3n) is 3.01. The SMILES string of the molecule is CCC1CCC(S(C)(=N)=O)CC1. The summed E-state index contributed by atoms with van der Waals surface area (Å²) in [4.78, 5) is 0. The third-order valence-corrected chi connectivity index (χ3v) is 4.75. The fourth-order valence-corrected chi connectivity index (χ4v) is 3.16. The van der Waals surface area contributed by atoms with Crippen LogP contribution in [-0.2, 0) is 9.73 Å². The first-order valence-electron chi connectivity index (χ1n) is 4.76. The van der Waals surface area contributed by atoms with Crippen LogP contribution >= 0.6 is 0 Å². The minimum atomic E-state index is -2.26. The van der Waals surface area contributed by atoms with Crippen LogP contribution in [0.1, 0.15) is 39.0 Å². The van der Waals surface area contributed by atoms with E-state index in [4.69, 9.17) is 4.78 Å². The molecule has 0 aliphatic heterocycles. The summed E-state index contributed by atoms with van der Waals surface area (Å²) >= 11 is 0. The van der Waals surface area contributed by atoms with Gasteiger partial charge in [-0.15, -0.1) is 0 Å². The lowest BCUT2D eigenvalue weighted by Gasteiger charge is -2.27. The van der Waals surface area contributed by atoms with Crippen LogP contribution in [-0.4, -0.2) is 15.7 Å². The van der Waals surface area contributed by atoms with Crippen LogP contribution in [0.15, 0.2) is 0 Å². The van der Waals surface area contributed by atoms with Crippen molar-refractivity contribution in [1.82, 2.24) is 0 Å². The Bertz CT molecular complexity index is 225. The summed E-state index contributed by atoms with van der Waals surface area (Å²) in [7, 11) is -2.26. The van der Waals surface area contributed by atoms with E-state index in [1.807, 2.05) is 0 Å². The van der Waals surface area contributed by atoms with Gasteiger partial charge >= 0.3 is 0 Å². The average molecular weight is 189 g/mol. The second-order valence-corrected chi connectivity index (χ2v) is 6.43. The number of hydrogen-bond donors (Lipinski definition) is 1. The van der Waals surface area contributed by atoms with E-state index in [2.05, 4.69) is 6.92 Å². The Kier molecular flexibility index (Phi) is 3.16. The molecule has 0 heterocycles. The average Bonchev–Trinajstić information content (AvgIpc) is 2.03. The molecule has 0 spiro atoms. The highest BCUT2D eigenvalue weighted by Gasteiger charge is 2.24. The smallest absolute Gasteiger partial charge is 0.0441 e. The molecule has 0 aromatic carbocycles. The number of rotatable bonds is 2. The van der Waals surface area contributed by atoms with Gasteiger partial charge in [-0.2, -0.15) is 0 Å². The Labute approximate surface area is 75.7 Å². The minimum absolute atomic E-state index is 0.181. The molecule has 0 aromatic rings. The number of nitrogens with one attached hydrogen (secondary N) is 1. The Morgan fingerprint density at radius 3 is 2.17 bits per heavy atom. The van der Waals surface area contributed by atoms with Crippen LogP contribution in [0.3, 0.4) is 0 Å². The summed E-state index contributed by atoms with van der Waals surface area (Å²) in [5.74, 6) is 0.836. The molecule has 0 saturated heterocycles. The van der Waals surface area contributed by atoms with E-state index in [-0.39, 0.29) is 5.25 Å². The number of hydrogen-bond acceptors (Lipinski definition) is 2. The molecule has 0 radical (unpaired) electrons. The van der Waals surface area contributed by atoms with Gasteiger partial charge in [-0.25, -0.2) is 4.21 Å². The minimum Gasteiger partial charge on any atom is -0.253 e. The molecule has 1 aliphatic carbocycles. The predicted octanol–water partition coefficient (Wildman–Crippen LogP) is 2.63. The van der Waals surface area contributed by atoms with Crippen LogP contribution < -0.4 is 0 Å². The highest BCUT2D eigenvalue weighted by atomic mass is 32.2. The lowest BCUT2D eigenvalue weighted by molar-refractivity contribution is 0.352. The maximum atomic E-state index is 11.4. The van der Waals surface area contributed by atoms with Crippen LogP contribution in [0.2, 0.25) is 0 Å². The van der Waals surface area contributed by atoms with Gasteiger partial charge in [0.1, 0.15) is 0 Å². The molecule has 0 amide bonds. The molecule has 0 bridgehead atoms. The van der Waals surface area contributed by atoms with Crippen LogP contribution in [0, 0.1) is 10.7 Å². The molecular weight excluding hydrogens is 170 g/mol. The maximum Gasteiger partial charge on any atom is 0.0441 e. The Hall–Kier alpha value is -0.0500. The monoisotopic (exact) mass is 189 g/mol. The molecule has 1 rings (SSSR count). The van der Waals surface area contributed by atoms with Gasteiger partial charge < -0.3 is 0 Å². The van der Waals surface area contributed by atoms with Crippen molar-refractivity contribution < 1.29 is 4.21 Å². The lowest BCUT2D eigenvalue weighted by atomic mass is 9.87. The predicted molar refractivity (Wildman–Crippen MR) is 52.8 cm³/mol. The van der Waals surface area contributed by atoms with Crippen LogP contribution in [0.4, 0.5) is 0 Å². The standard InChI is InChI=1S/C9H19NOS/c1-3-8-4-6-9(7-5-8)12(2,10)11/h8-10H,3-7H2,1-2H3. The highest BCUT2D eigenvalue weighted by molar-refractivity contribution is 7.92. The van der Waals surface area contributed by atoms with Gasteiger partial charge in [-0.1, -0.05) is 13.3 Å². The fraction of sp³-hybridized carbons (Fsp3) is 1.00. The van der Waals surface area contributed by atoms with Crippen molar-refractivity contribution in [2.45, 2.75) is 44.3 Å². The maximum absolute atomic E-state index is 11.4. The molecule has 1 saturated carbocycles.